The summed E-state index contributed by atoms with van der Waals surface area (Å²) in [5, 5.41) is 6.70. The lowest BCUT2D eigenvalue weighted by atomic mass is 10.2. The molecule has 0 atom stereocenters. The molecule has 172 valence electrons. The number of carbonyl (C=O) groups excluding carboxylic acids is 3. The normalized spacial score (nSPS) is 10.8. The maximum atomic E-state index is 12.1. The Hall–Kier alpha value is -4.43. The molecule has 0 bridgehead atoms. The highest BCUT2D eigenvalue weighted by atomic mass is 35.5. The first kappa shape index (κ1) is 24.2. The molecule has 3 aromatic carbocycles. The lowest BCUT2D eigenvalue weighted by Crippen LogP contribution is -2.32. The smallest absolute Gasteiger partial charge is 0.336 e. The van der Waals surface area contributed by atoms with Gasteiger partial charge in [-0.15, -0.1) is 0 Å². The van der Waals surface area contributed by atoms with Crippen molar-refractivity contribution in [2.75, 3.05) is 12.4 Å². The van der Waals surface area contributed by atoms with Crippen LogP contribution in [-0.4, -0.2) is 31.1 Å². The number of hydrogen-bond donors (Lipinski definition) is 2. The molecule has 0 radical (unpaired) electrons. The molecule has 0 aliphatic heterocycles. The van der Waals surface area contributed by atoms with E-state index in [0.29, 0.717) is 16.3 Å². The first-order valence-corrected chi connectivity index (χ1v) is 10.4. The van der Waals surface area contributed by atoms with Gasteiger partial charge in [0.15, 0.2) is 11.5 Å². The molecule has 0 saturated carbocycles. The predicted molar refractivity (Wildman–Crippen MR) is 130 cm³/mol. The van der Waals surface area contributed by atoms with Crippen LogP contribution in [0.3, 0.4) is 0 Å². The van der Waals surface area contributed by atoms with Gasteiger partial charge < -0.3 is 14.8 Å². The average Bonchev–Trinajstić information content (AvgIpc) is 2.85. The van der Waals surface area contributed by atoms with Crippen molar-refractivity contribution in [1.29, 1.82) is 0 Å². The van der Waals surface area contributed by atoms with Gasteiger partial charge in [-0.3, -0.25) is 9.59 Å². The summed E-state index contributed by atoms with van der Waals surface area (Å²) in [4.78, 5) is 36.0. The molecule has 0 fully saturated rings. The van der Waals surface area contributed by atoms with Gasteiger partial charge in [-0.2, -0.15) is 5.10 Å². The summed E-state index contributed by atoms with van der Waals surface area (Å²) >= 11 is 5.78. The quantitative estimate of drug-likeness (QED) is 0.133. The van der Waals surface area contributed by atoms with Crippen LogP contribution in [-0.2, 0) is 14.4 Å². The van der Waals surface area contributed by atoms with E-state index in [2.05, 4.69) is 15.8 Å². The van der Waals surface area contributed by atoms with Crippen molar-refractivity contribution in [3.8, 4) is 11.5 Å². The SMILES string of the molecule is COc1cc(/C=N\NC(=O)C(=O)Nc2ccc(Cl)cc2)ccc1OC(=O)/C=C/c1ccccc1. The standard InChI is InChI=1S/C25H20ClN3O5/c1-33-22-15-18(7-13-21(22)34-23(30)14-8-17-5-3-2-4-6-17)16-27-29-25(32)24(31)28-20-11-9-19(26)10-12-20/h2-16H,1H3,(H,28,31)(H,29,32)/b14-8+,27-16-. The van der Waals surface area contributed by atoms with E-state index in [0.717, 1.165) is 5.56 Å². The summed E-state index contributed by atoms with van der Waals surface area (Å²) in [5.41, 5.74) is 3.95. The van der Waals surface area contributed by atoms with E-state index in [1.165, 1.54) is 25.5 Å². The number of amides is 2. The number of ether oxygens (including phenoxy) is 2. The Morgan fingerprint density at radius 3 is 2.32 bits per heavy atom. The van der Waals surface area contributed by atoms with Crippen molar-refractivity contribution in [2.24, 2.45) is 5.10 Å². The van der Waals surface area contributed by atoms with E-state index < -0.39 is 17.8 Å². The summed E-state index contributed by atoms with van der Waals surface area (Å²) < 4.78 is 10.6. The Labute approximate surface area is 200 Å². The van der Waals surface area contributed by atoms with Gasteiger partial charge in [-0.25, -0.2) is 10.2 Å². The number of methoxy groups -OCH3 is 1. The van der Waals surface area contributed by atoms with Crippen molar-refractivity contribution >= 4 is 47.4 Å². The molecule has 8 nitrogen and oxygen atoms in total. The minimum absolute atomic E-state index is 0.216. The second-order valence-corrected chi connectivity index (χ2v) is 7.17. The molecule has 0 aliphatic carbocycles. The van der Waals surface area contributed by atoms with Crippen molar-refractivity contribution < 1.29 is 23.9 Å². The number of benzene rings is 3. The average molecular weight is 478 g/mol. The van der Waals surface area contributed by atoms with Crippen molar-refractivity contribution in [3.05, 3.63) is 95.0 Å². The maximum absolute atomic E-state index is 12.1. The third kappa shape index (κ3) is 7.32. The Balaban J connectivity index is 1.56. The molecule has 0 heterocycles. The second kappa shape index (κ2) is 12.0. The van der Waals surface area contributed by atoms with Crippen LogP contribution in [0.4, 0.5) is 5.69 Å². The van der Waals surface area contributed by atoms with Gasteiger partial charge in [0.05, 0.1) is 13.3 Å². The Morgan fingerprint density at radius 1 is 0.882 bits per heavy atom. The van der Waals surface area contributed by atoms with Gasteiger partial charge >= 0.3 is 17.8 Å². The Morgan fingerprint density at radius 2 is 1.62 bits per heavy atom. The number of anilines is 1. The van der Waals surface area contributed by atoms with Crippen LogP contribution in [0.15, 0.2) is 84.0 Å². The van der Waals surface area contributed by atoms with Crippen molar-refractivity contribution in [2.45, 2.75) is 0 Å². The van der Waals surface area contributed by atoms with E-state index in [-0.39, 0.29) is 11.5 Å². The van der Waals surface area contributed by atoms with Crippen LogP contribution in [0.1, 0.15) is 11.1 Å². The number of halogens is 1. The monoisotopic (exact) mass is 477 g/mol. The Kier molecular flexibility index (Phi) is 8.54. The molecular weight excluding hydrogens is 458 g/mol. The molecule has 3 rings (SSSR count). The maximum Gasteiger partial charge on any atom is 0.336 e. The highest BCUT2D eigenvalue weighted by Gasteiger charge is 2.13. The van der Waals surface area contributed by atoms with Crippen LogP contribution in [0.25, 0.3) is 6.08 Å². The molecule has 0 aromatic heterocycles. The molecule has 0 unspecified atom stereocenters. The summed E-state index contributed by atoms with van der Waals surface area (Å²) in [6.45, 7) is 0. The van der Waals surface area contributed by atoms with E-state index >= 15 is 0 Å². The number of esters is 1. The first-order valence-electron chi connectivity index (χ1n) is 9.97. The molecule has 0 aliphatic rings. The number of carbonyl (C=O) groups is 3. The zero-order valence-electron chi connectivity index (χ0n) is 18.0. The van der Waals surface area contributed by atoms with Gasteiger partial charge in [0.1, 0.15) is 0 Å². The third-order valence-corrected chi connectivity index (χ3v) is 4.55. The molecule has 0 saturated heterocycles. The van der Waals surface area contributed by atoms with Crippen LogP contribution in [0, 0.1) is 0 Å². The van der Waals surface area contributed by atoms with Crippen LogP contribution in [0.2, 0.25) is 5.02 Å². The van der Waals surface area contributed by atoms with Gasteiger partial charge in [0.2, 0.25) is 0 Å². The fraction of sp³-hybridized carbons (Fsp3) is 0.0400. The van der Waals surface area contributed by atoms with Gasteiger partial charge in [-0.05, 0) is 59.7 Å². The topological polar surface area (TPSA) is 106 Å². The minimum atomic E-state index is -0.950. The van der Waals surface area contributed by atoms with Gasteiger partial charge in [0, 0.05) is 16.8 Å². The zero-order valence-corrected chi connectivity index (χ0v) is 18.8. The summed E-state index contributed by atoms with van der Waals surface area (Å²) in [7, 11) is 1.43. The highest BCUT2D eigenvalue weighted by molar-refractivity contribution is 6.39. The molecule has 3 aromatic rings. The fourth-order valence-corrected chi connectivity index (χ4v) is 2.78. The minimum Gasteiger partial charge on any atom is -0.493 e. The van der Waals surface area contributed by atoms with Gasteiger partial charge in [-0.1, -0.05) is 41.9 Å². The van der Waals surface area contributed by atoms with Crippen molar-refractivity contribution in [1.82, 2.24) is 5.43 Å². The van der Waals surface area contributed by atoms with E-state index in [1.807, 2.05) is 30.3 Å². The van der Waals surface area contributed by atoms with E-state index in [4.69, 9.17) is 21.1 Å². The van der Waals surface area contributed by atoms with Crippen LogP contribution < -0.4 is 20.2 Å². The molecule has 0 spiro atoms. The summed E-state index contributed by atoms with van der Waals surface area (Å²) in [6, 6.07) is 20.3. The number of rotatable bonds is 7. The summed E-state index contributed by atoms with van der Waals surface area (Å²) in [5.74, 6) is -1.90. The largest absolute Gasteiger partial charge is 0.493 e. The predicted octanol–water partition coefficient (Wildman–Crippen LogP) is 4.06. The number of hydrazone groups is 1. The first-order chi connectivity index (χ1) is 16.4. The molecule has 9 heteroatoms. The van der Waals surface area contributed by atoms with E-state index in [9.17, 15) is 14.4 Å². The highest BCUT2D eigenvalue weighted by Crippen LogP contribution is 2.27. The van der Waals surface area contributed by atoms with Crippen molar-refractivity contribution in [3.63, 3.8) is 0 Å². The van der Waals surface area contributed by atoms with E-state index in [1.54, 1.807) is 42.5 Å². The lowest BCUT2D eigenvalue weighted by Gasteiger charge is -2.08. The molecular formula is C25H20ClN3O5. The third-order valence-electron chi connectivity index (χ3n) is 4.30. The lowest BCUT2D eigenvalue weighted by molar-refractivity contribution is -0.136. The summed E-state index contributed by atoms with van der Waals surface area (Å²) in [6.07, 6.45) is 4.27. The zero-order chi connectivity index (χ0) is 24.3. The molecule has 2 N–H and O–H groups in total. The molecule has 2 amide bonds. The Bertz CT molecular complexity index is 1230. The number of nitrogens with zero attached hydrogens (tertiary/aromatic N) is 1. The number of nitrogens with one attached hydrogen (secondary N) is 2. The van der Waals surface area contributed by atoms with Gasteiger partial charge in [0.25, 0.3) is 0 Å². The van der Waals surface area contributed by atoms with Crippen LogP contribution in [0.5, 0.6) is 11.5 Å². The number of hydrogen-bond acceptors (Lipinski definition) is 6. The second-order valence-electron chi connectivity index (χ2n) is 6.74. The fourth-order valence-electron chi connectivity index (χ4n) is 2.66. The van der Waals surface area contributed by atoms with Crippen LogP contribution >= 0.6 is 11.6 Å². The molecule has 34 heavy (non-hydrogen) atoms.